The third-order valence-corrected chi connectivity index (χ3v) is 3.73. The van der Waals surface area contributed by atoms with Gasteiger partial charge < -0.3 is 14.5 Å². The molecule has 1 aromatic heterocycles. The summed E-state index contributed by atoms with van der Waals surface area (Å²) in [5.74, 6) is 1.05. The summed E-state index contributed by atoms with van der Waals surface area (Å²) in [6.07, 6.45) is 2.11. The fraction of sp³-hybridized carbons (Fsp3) is 0.750. The van der Waals surface area contributed by atoms with Gasteiger partial charge in [-0.2, -0.15) is 0 Å². The van der Waals surface area contributed by atoms with E-state index in [1.807, 2.05) is 0 Å². The first-order valence-corrected chi connectivity index (χ1v) is 7.51. The van der Waals surface area contributed by atoms with Crippen LogP contribution in [0.15, 0.2) is 16.7 Å². The van der Waals surface area contributed by atoms with Gasteiger partial charge in [0.1, 0.15) is 5.76 Å². The number of nitrogens with one attached hydrogen (secondary N) is 1. The lowest BCUT2D eigenvalue weighted by atomic mass is 10.1. The second-order valence-electron chi connectivity index (χ2n) is 6.89. The van der Waals surface area contributed by atoms with Crippen molar-refractivity contribution < 1.29 is 9.15 Å². The van der Waals surface area contributed by atoms with Crippen LogP contribution in [0.2, 0.25) is 0 Å². The Morgan fingerprint density at radius 1 is 1.35 bits per heavy atom. The zero-order valence-corrected chi connectivity index (χ0v) is 13.4. The van der Waals surface area contributed by atoms with Gasteiger partial charge in [-0.3, -0.25) is 4.90 Å². The maximum Gasteiger partial charge on any atom is 0.122 e. The summed E-state index contributed by atoms with van der Waals surface area (Å²) in [4.78, 5) is 2.47. The topological polar surface area (TPSA) is 37.6 Å². The smallest absolute Gasteiger partial charge is 0.122 e. The molecule has 114 valence electrons. The maximum absolute atomic E-state index is 5.68. The third-order valence-electron chi connectivity index (χ3n) is 3.73. The zero-order valence-electron chi connectivity index (χ0n) is 13.4. The van der Waals surface area contributed by atoms with E-state index in [0.29, 0.717) is 12.1 Å². The molecule has 1 fully saturated rings. The standard InChI is InChI=1S/C16H28N2O2/c1-12-11-20-13(2)9-18(12)10-14-6-7-19-15(14)8-17-16(3,4)5/h6-7,12-13,17H,8-11H2,1-5H3. The van der Waals surface area contributed by atoms with E-state index in [1.165, 1.54) is 5.56 Å². The Morgan fingerprint density at radius 2 is 2.10 bits per heavy atom. The largest absolute Gasteiger partial charge is 0.468 e. The number of furan rings is 1. The molecule has 1 aromatic rings. The molecule has 0 radical (unpaired) electrons. The Bertz CT molecular complexity index is 422. The monoisotopic (exact) mass is 280 g/mol. The van der Waals surface area contributed by atoms with Crippen molar-refractivity contribution in [2.45, 2.75) is 65.4 Å². The van der Waals surface area contributed by atoms with E-state index >= 15 is 0 Å². The number of nitrogens with zero attached hydrogens (tertiary/aromatic N) is 1. The Hall–Kier alpha value is -0.840. The van der Waals surface area contributed by atoms with Crippen molar-refractivity contribution >= 4 is 0 Å². The Morgan fingerprint density at radius 3 is 2.80 bits per heavy atom. The van der Waals surface area contributed by atoms with Gasteiger partial charge >= 0.3 is 0 Å². The molecular weight excluding hydrogens is 252 g/mol. The highest BCUT2D eigenvalue weighted by Crippen LogP contribution is 2.19. The molecule has 20 heavy (non-hydrogen) atoms. The van der Waals surface area contributed by atoms with Crippen LogP contribution in [0.4, 0.5) is 0 Å². The molecule has 2 unspecified atom stereocenters. The normalized spacial score (nSPS) is 25.1. The lowest BCUT2D eigenvalue weighted by Crippen LogP contribution is -2.46. The van der Waals surface area contributed by atoms with Gasteiger partial charge in [-0.25, -0.2) is 0 Å². The van der Waals surface area contributed by atoms with Crippen LogP contribution >= 0.6 is 0 Å². The van der Waals surface area contributed by atoms with Crippen LogP contribution < -0.4 is 5.32 Å². The van der Waals surface area contributed by atoms with Gasteiger partial charge in [-0.15, -0.1) is 0 Å². The van der Waals surface area contributed by atoms with Crippen molar-refractivity contribution in [1.82, 2.24) is 10.2 Å². The van der Waals surface area contributed by atoms with E-state index in [1.54, 1.807) is 6.26 Å². The zero-order chi connectivity index (χ0) is 14.8. The molecule has 4 nitrogen and oxygen atoms in total. The molecule has 2 heterocycles. The second-order valence-corrected chi connectivity index (χ2v) is 6.89. The number of morpholine rings is 1. The van der Waals surface area contributed by atoms with Crippen molar-refractivity contribution in [1.29, 1.82) is 0 Å². The molecule has 0 aromatic carbocycles. The first kappa shape index (κ1) is 15.5. The number of rotatable bonds is 4. The van der Waals surface area contributed by atoms with Gasteiger partial charge in [0, 0.05) is 30.2 Å². The number of hydrogen-bond donors (Lipinski definition) is 1. The van der Waals surface area contributed by atoms with Crippen LogP contribution in [0.3, 0.4) is 0 Å². The van der Waals surface area contributed by atoms with Crippen molar-refractivity contribution in [3.63, 3.8) is 0 Å². The summed E-state index contributed by atoms with van der Waals surface area (Å²) in [5, 5.41) is 3.48. The molecule has 2 rings (SSSR count). The highest BCUT2D eigenvalue weighted by Gasteiger charge is 2.24. The first-order valence-electron chi connectivity index (χ1n) is 7.51. The fourth-order valence-corrected chi connectivity index (χ4v) is 2.42. The molecular formula is C16H28N2O2. The highest BCUT2D eigenvalue weighted by molar-refractivity contribution is 5.17. The van der Waals surface area contributed by atoms with Crippen molar-refractivity contribution in [2.75, 3.05) is 13.2 Å². The van der Waals surface area contributed by atoms with Gasteiger partial charge in [0.2, 0.25) is 0 Å². The summed E-state index contributed by atoms with van der Waals surface area (Å²) < 4.78 is 11.3. The molecule has 0 bridgehead atoms. The van der Waals surface area contributed by atoms with E-state index < -0.39 is 0 Å². The summed E-state index contributed by atoms with van der Waals surface area (Å²) in [6, 6.07) is 2.55. The van der Waals surface area contributed by atoms with Crippen LogP contribution in [0.5, 0.6) is 0 Å². The van der Waals surface area contributed by atoms with Gasteiger partial charge in [-0.1, -0.05) is 0 Å². The van der Waals surface area contributed by atoms with Gasteiger partial charge in [0.15, 0.2) is 0 Å². The summed E-state index contributed by atoms with van der Waals surface area (Å²) in [7, 11) is 0. The first-order chi connectivity index (χ1) is 9.35. The Balaban J connectivity index is 1.97. The minimum atomic E-state index is 0.102. The van der Waals surface area contributed by atoms with Crippen molar-refractivity contribution in [3.8, 4) is 0 Å². The molecule has 0 amide bonds. The highest BCUT2D eigenvalue weighted by atomic mass is 16.5. The predicted octanol–water partition coefficient (Wildman–Crippen LogP) is 2.78. The summed E-state index contributed by atoms with van der Waals surface area (Å²) >= 11 is 0. The molecule has 1 aliphatic rings. The minimum Gasteiger partial charge on any atom is -0.468 e. The van der Waals surface area contributed by atoms with Crippen LogP contribution in [0.1, 0.15) is 45.9 Å². The molecule has 1 N–H and O–H groups in total. The average molecular weight is 280 g/mol. The van der Waals surface area contributed by atoms with E-state index in [4.69, 9.17) is 9.15 Å². The summed E-state index contributed by atoms with van der Waals surface area (Å²) in [6.45, 7) is 14.4. The van der Waals surface area contributed by atoms with Crippen LogP contribution in [-0.2, 0) is 17.8 Å². The number of ether oxygens (including phenoxy) is 1. The molecule has 1 aliphatic heterocycles. The van der Waals surface area contributed by atoms with Gasteiger partial charge in [0.25, 0.3) is 0 Å². The SMILES string of the molecule is CC1CN(Cc2ccoc2CNC(C)(C)C)C(C)CO1. The maximum atomic E-state index is 5.68. The predicted molar refractivity (Wildman–Crippen MR) is 80.6 cm³/mol. The fourth-order valence-electron chi connectivity index (χ4n) is 2.42. The Kier molecular flexibility index (Phi) is 4.89. The molecule has 4 heteroatoms. The molecule has 1 saturated heterocycles. The lowest BCUT2D eigenvalue weighted by molar-refractivity contribution is -0.0528. The van der Waals surface area contributed by atoms with Crippen LogP contribution in [0, 0.1) is 0 Å². The third kappa shape index (κ3) is 4.33. The number of hydrogen-bond acceptors (Lipinski definition) is 4. The second kappa shape index (κ2) is 6.29. The van der Waals surface area contributed by atoms with Crippen molar-refractivity contribution in [3.05, 3.63) is 23.7 Å². The molecule has 2 atom stereocenters. The quantitative estimate of drug-likeness (QED) is 0.920. The minimum absolute atomic E-state index is 0.102. The lowest BCUT2D eigenvalue weighted by Gasteiger charge is -2.36. The van der Waals surface area contributed by atoms with Gasteiger partial charge in [0.05, 0.1) is 25.5 Å². The van der Waals surface area contributed by atoms with E-state index in [-0.39, 0.29) is 5.54 Å². The Labute approximate surface area is 122 Å². The van der Waals surface area contributed by atoms with Crippen LogP contribution in [0.25, 0.3) is 0 Å². The summed E-state index contributed by atoms with van der Waals surface area (Å²) in [5.41, 5.74) is 1.38. The van der Waals surface area contributed by atoms with E-state index in [2.05, 4.69) is 50.9 Å². The van der Waals surface area contributed by atoms with Crippen molar-refractivity contribution in [2.24, 2.45) is 0 Å². The molecule has 0 saturated carbocycles. The van der Waals surface area contributed by atoms with E-state index in [9.17, 15) is 0 Å². The molecule has 0 spiro atoms. The molecule has 0 aliphatic carbocycles. The van der Waals surface area contributed by atoms with E-state index in [0.717, 1.165) is 32.0 Å². The van der Waals surface area contributed by atoms with Gasteiger partial charge in [-0.05, 0) is 40.7 Å². The average Bonchev–Trinajstić information content (AvgIpc) is 2.78. The van der Waals surface area contributed by atoms with Crippen LogP contribution in [-0.4, -0.2) is 35.7 Å².